The summed E-state index contributed by atoms with van der Waals surface area (Å²) in [6, 6.07) is 5.09. The Balaban J connectivity index is 2.31. The molecule has 0 atom stereocenters. The Morgan fingerprint density at radius 2 is 1.87 bits per heavy atom. The Morgan fingerprint density at radius 3 is 2.53 bits per heavy atom. The lowest BCUT2D eigenvalue weighted by atomic mass is 10.3. The van der Waals surface area contributed by atoms with Gasteiger partial charge < -0.3 is 9.47 Å². The van der Waals surface area contributed by atoms with Crippen molar-refractivity contribution < 1.29 is 9.47 Å². The summed E-state index contributed by atoms with van der Waals surface area (Å²) >= 11 is 17.1. The SMILES string of the molecule is ClCCOCCOc1ccc(Cl)cc1Cl. The number of halogens is 3. The highest BCUT2D eigenvalue weighted by Crippen LogP contribution is 2.27. The van der Waals surface area contributed by atoms with Crippen molar-refractivity contribution in [2.75, 3.05) is 25.7 Å². The number of rotatable bonds is 6. The van der Waals surface area contributed by atoms with Gasteiger partial charge in [-0.2, -0.15) is 0 Å². The molecule has 0 N–H and O–H groups in total. The Morgan fingerprint density at radius 1 is 1.07 bits per heavy atom. The molecular weight excluding hydrogens is 258 g/mol. The van der Waals surface area contributed by atoms with Crippen molar-refractivity contribution in [3.63, 3.8) is 0 Å². The second-order valence-corrected chi connectivity index (χ2v) is 3.95. The highest BCUT2D eigenvalue weighted by atomic mass is 35.5. The smallest absolute Gasteiger partial charge is 0.138 e. The monoisotopic (exact) mass is 268 g/mol. The number of hydrogen-bond acceptors (Lipinski definition) is 2. The summed E-state index contributed by atoms with van der Waals surface area (Å²) < 4.78 is 10.5. The number of alkyl halides is 1. The van der Waals surface area contributed by atoms with E-state index in [1.165, 1.54) is 0 Å². The summed E-state index contributed by atoms with van der Waals surface area (Å²) in [5, 5.41) is 1.09. The van der Waals surface area contributed by atoms with E-state index in [0.29, 0.717) is 41.5 Å². The van der Waals surface area contributed by atoms with Crippen LogP contribution in [0.5, 0.6) is 5.75 Å². The number of hydrogen-bond donors (Lipinski definition) is 0. The molecule has 0 saturated heterocycles. The molecule has 1 aromatic carbocycles. The zero-order valence-corrected chi connectivity index (χ0v) is 10.3. The first kappa shape index (κ1) is 12.9. The molecule has 0 radical (unpaired) electrons. The van der Waals surface area contributed by atoms with E-state index >= 15 is 0 Å². The lowest BCUT2D eigenvalue weighted by molar-refractivity contribution is 0.111. The van der Waals surface area contributed by atoms with Crippen LogP contribution < -0.4 is 4.74 Å². The van der Waals surface area contributed by atoms with E-state index in [1.807, 2.05) is 0 Å². The van der Waals surface area contributed by atoms with E-state index in [4.69, 9.17) is 44.3 Å². The third-order valence-electron chi connectivity index (χ3n) is 1.60. The van der Waals surface area contributed by atoms with Crippen LogP contribution in [0.4, 0.5) is 0 Å². The third kappa shape index (κ3) is 4.94. The van der Waals surface area contributed by atoms with Crippen LogP contribution in [0.3, 0.4) is 0 Å². The number of benzene rings is 1. The highest BCUT2D eigenvalue weighted by molar-refractivity contribution is 6.35. The molecule has 0 aliphatic heterocycles. The van der Waals surface area contributed by atoms with Crippen molar-refractivity contribution in [1.29, 1.82) is 0 Å². The molecule has 1 rings (SSSR count). The molecular formula is C10H11Cl3O2. The summed E-state index contributed by atoms with van der Waals surface area (Å²) in [6.45, 7) is 1.46. The molecule has 2 nitrogen and oxygen atoms in total. The largest absolute Gasteiger partial charge is 0.490 e. The lowest BCUT2D eigenvalue weighted by Crippen LogP contribution is -2.08. The van der Waals surface area contributed by atoms with Crippen molar-refractivity contribution in [3.8, 4) is 5.75 Å². The predicted molar refractivity (Wildman–Crippen MR) is 63.5 cm³/mol. The van der Waals surface area contributed by atoms with Gasteiger partial charge in [-0.05, 0) is 18.2 Å². The molecule has 0 amide bonds. The Bertz CT molecular complexity index is 305. The second kappa shape index (κ2) is 7.18. The molecule has 15 heavy (non-hydrogen) atoms. The van der Waals surface area contributed by atoms with E-state index in [1.54, 1.807) is 18.2 Å². The standard InChI is InChI=1S/C10H11Cl3O2/c11-3-4-14-5-6-15-10-2-1-8(12)7-9(10)13/h1-2,7H,3-6H2. The molecule has 0 aliphatic rings. The molecule has 0 spiro atoms. The molecule has 1 aromatic rings. The molecule has 0 bridgehead atoms. The summed E-state index contributed by atoms with van der Waals surface area (Å²) in [6.07, 6.45) is 0. The van der Waals surface area contributed by atoms with Gasteiger partial charge in [0.1, 0.15) is 12.4 Å². The normalized spacial score (nSPS) is 10.3. The van der Waals surface area contributed by atoms with Crippen LogP contribution in [0.1, 0.15) is 0 Å². The van der Waals surface area contributed by atoms with Crippen LogP contribution in [0.15, 0.2) is 18.2 Å². The summed E-state index contributed by atoms with van der Waals surface area (Å²) in [4.78, 5) is 0. The van der Waals surface area contributed by atoms with E-state index in [-0.39, 0.29) is 0 Å². The number of ether oxygens (including phenoxy) is 2. The molecule has 0 fully saturated rings. The first-order chi connectivity index (χ1) is 7.24. The fraction of sp³-hybridized carbons (Fsp3) is 0.400. The van der Waals surface area contributed by atoms with Crippen molar-refractivity contribution in [2.45, 2.75) is 0 Å². The topological polar surface area (TPSA) is 18.5 Å². The fourth-order valence-electron chi connectivity index (χ4n) is 0.959. The van der Waals surface area contributed by atoms with E-state index in [0.717, 1.165) is 0 Å². The zero-order chi connectivity index (χ0) is 11.1. The minimum absolute atomic E-state index is 0.443. The molecule has 0 aliphatic carbocycles. The Kier molecular flexibility index (Phi) is 6.18. The van der Waals surface area contributed by atoms with Gasteiger partial charge in [0.15, 0.2) is 0 Å². The van der Waals surface area contributed by atoms with Crippen LogP contribution in [-0.2, 0) is 4.74 Å². The van der Waals surface area contributed by atoms with Crippen LogP contribution in [0.2, 0.25) is 10.0 Å². The molecule has 0 saturated carbocycles. The molecule has 84 valence electrons. The highest BCUT2D eigenvalue weighted by Gasteiger charge is 2.01. The molecule has 5 heteroatoms. The summed E-state index contributed by atoms with van der Waals surface area (Å²) in [5.41, 5.74) is 0. The van der Waals surface area contributed by atoms with Crippen LogP contribution >= 0.6 is 34.8 Å². The van der Waals surface area contributed by atoms with Gasteiger partial charge >= 0.3 is 0 Å². The quantitative estimate of drug-likeness (QED) is 0.580. The lowest BCUT2D eigenvalue weighted by Gasteiger charge is -2.08. The van der Waals surface area contributed by atoms with Crippen molar-refractivity contribution in [2.24, 2.45) is 0 Å². The average Bonchev–Trinajstić information content (AvgIpc) is 2.20. The van der Waals surface area contributed by atoms with Crippen LogP contribution in [-0.4, -0.2) is 25.7 Å². The van der Waals surface area contributed by atoms with Crippen LogP contribution in [0.25, 0.3) is 0 Å². The van der Waals surface area contributed by atoms with Gasteiger partial charge in [-0.25, -0.2) is 0 Å². The van der Waals surface area contributed by atoms with Gasteiger partial charge in [0.2, 0.25) is 0 Å². The maximum atomic E-state index is 5.90. The maximum absolute atomic E-state index is 5.90. The first-order valence-electron chi connectivity index (χ1n) is 4.45. The summed E-state index contributed by atoms with van der Waals surface area (Å²) in [7, 11) is 0. The van der Waals surface area contributed by atoms with Gasteiger partial charge in [0.25, 0.3) is 0 Å². The second-order valence-electron chi connectivity index (χ2n) is 2.72. The Labute approximate surface area is 104 Å². The van der Waals surface area contributed by atoms with Crippen molar-refractivity contribution in [1.82, 2.24) is 0 Å². The molecule has 0 unspecified atom stereocenters. The van der Waals surface area contributed by atoms with E-state index in [2.05, 4.69) is 0 Å². The van der Waals surface area contributed by atoms with Gasteiger partial charge in [-0.15, -0.1) is 11.6 Å². The van der Waals surface area contributed by atoms with Gasteiger partial charge in [0.05, 0.1) is 18.2 Å². The third-order valence-corrected chi connectivity index (χ3v) is 2.29. The van der Waals surface area contributed by atoms with E-state index < -0.39 is 0 Å². The van der Waals surface area contributed by atoms with Crippen molar-refractivity contribution >= 4 is 34.8 Å². The molecule has 0 aromatic heterocycles. The minimum atomic E-state index is 0.443. The molecule has 0 heterocycles. The minimum Gasteiger partial charge on any atom is -0.490 e. The van der Waals surface area contributed by atoms with Gasteiger partial charge in [-0.3, -0.25) is 0 Å². The first-order valence-corrected chi connectivity index (χ1v) is 5.74. The Hall–Kier alpha value is -0.150. The van der Waals surface area contributed by atoms with Gasteiger partial charge in [-0.1, -0.05) is 23.2 Å². The predicted octanol–water partition coefficient (Wildman–Crippen LogP) is 3.63. The zero-order valence-electron chi connectivity index (χ0n) is 8.01. The average molecular weight is 270 g/mol. The maximum Gasteiger partial charge on any atom is 0.138 e. The fourth-order valence-corrected chi connectivity index (χ4v) is 1.53. The van der Waals surface area contributed by atoms with Crippen LogP contribution in [0, 0.1) is 0 Å². The van der Waals surface area contributed by atoms with Gasteiger partial charge in [0, 0.05) is 10.9 Å². The van der Waals surface area contributed by atoms with E-state index in [9.17, 15) is 0 Å². The summed E-state index contributed by atoms with van der Waals surface area (Å²) in [5.74, 6) is 1.09. The van der Waals surface area contributed by atoms with Crippen molar-refractivity contribution in [3.05, 3.63) is 28.2 Å².